The largest absolute Gasteiger partial charge is 1.00 e. The second-order valence-electron chi connectivity index (χ2n) is 9.46. The van der Waals surface area contributed by atoms with Crippen LogP contribution in [0.5, 0.6) is 0 Å². The zero-order valence-corrected chi connectivity index (χ0v) is 42.1. The number of piperidine rings is 3. The van der Waals surface area contributed by atoms with E-state index in [0.29, 0.717) is 47.8 Å². The first-order valence-corrected chi connectivity index (χ1v) is 22.9. The molecule has 3 aliphatic heterocycles. The molecule has 2 amide bonds. The maximum Gasteiger partial charge on any atom is 1.00 e. The molecule has 1 atom stereocenters. The molecule has 53 heavy (non-hydrogen) atoms. The summed E-state index contributed by atoms with van der Waals surface area (Å²) in [5.74, 6) is 0. The summed E-state index contributed by atoms with van der Waals surface area (Å²) in [6.45, 7) is 4.45. The number of nitrogens with zero attached hydrogens (tertiary/aromatic N) is 2. The third kappa shape index (κ3) is 49.1. The zero-order valence-electron chi connectivity index (χ0n) is 31.9. The van der Waals surface area contributed by atoms with Gasteiger partial charge in [0.1, 0.15) is 10.8 Å². The van der Waals surface area contributed by atoms with Crippen LogP contribution in [0.2, 0.25) is 0 Å². The first-order valence-electron chi connectivity index (χ1n) is 15.2. The van der Waals surface area contributed by atoms with Crippen molar-refractivity contribution < 1.29 is 78.0 Å². The smallest absolute Gasteiger partial charge is 0.517 e. The number of thioether (sulfide) groups is 3. The molecule has 24 heteroatoms. The van der Waals surface area contributed by atoms with E-state index in [-0.39, 0.29) is 62.7 Å². The van der Waals surface area contributed by atoms with Crippen LogP contribution >= 0.6 is 96.4 Å². The summed E-state index contributed by atoms with van der Waals surface area (Å²) in [4.78, 5) is 25.6. The van der Waals surface area contributed by atoms with Gasteiger partial charge in [0.05, 0.1) is 39.6 Å². The topological polar surface area (TPSA) is 178 Å². The Balaban J connectivity index is -0.000000125. The van der Waals surface area contributed by atoms with Crippen LogP contribution in [0.3, 0.4) is 0 Å². The molecule has 3 aliphatic rings. The molecule has 0 aliphatic carbocycles. The third-order valence-electron chi connectivity index (χ3n) is 6.01. The number of carbonyl (C=O) groups excluding carboxylic acids is 2. The van der Waals surface area contributed by atoms with Gasteiger partial charge in [-0.1, -0.05) is 35.3 Å². The molecule has 3 fully saturated rings. The number of carbonyl (C=O) groups is 2. The first kappa shape index (κ1) is 65.9. The Kier molecular flexibility index (Phi) is 61.2. The van der Waals surface area contributed by atoms with Crippen LogP contribution in [0, 0.1) is 0 Å². The first-order chi connectivity index (χ1) is 24.5. The van der Waals surface area contributed by atoms with Gasteiger partial charge in [-0.15, -0.1) is 0 Å². The van der Waals surface area contributed by atoms with E-state index in [0.717, 1.165) is 45.9 Å². The van der Waals surface area contributed by atoms with Crippen molar-refractivity contribution in [3.63, 3.8) is 0 Å². The number of hydrogen-bond donors (Lipinski definition) is 5. The number of amides is 2. The van der Waals surface area contributed by atoms with Gasteiger partial charge in [-0.2, -0.15) is 0 Å². The minimum atomic E-state index is -1.41. The number of methoxy groups -OCH3 is 3. The van der Waals surface area contributed by atoms with E-state index in [1.54, 1.807) is 30.3 Å². The molecule has 0 bridgehead atoms. The molecule has 0 saturated carbocycles. The van der Waals surface area contributed by atoms with E-state index >= 15 is 0 Å². The van der Waals surface area contributed by atoms with Gasteiger partial charge in [-0.3, -0.25) is 9.59 Å². The molecule has 0 aromatic rings. The molecule has 0 radical (unpaired) electrons. The van der Waals surface area contributed by atoms with E-state index in [4.69, 9.17) is 20.4 Å². The molecule has 0 aromatic heterocycles. The van der Waals surface area contributed by atoms with E-state index < -0.39 is 10.8 Å². The van der Waals surface area contributed by atoms with Crippen molar-refractivity contribution in [3.8, 4) is 0 Å². The SMILES string of the molecule is CO.COC(=S)SC.COC(=S)SC.COC(=S)[S-].CS(=O)C(=O)N1CCC(O)CC1.CSC(=O)N1CCC(O)CC1.OC1CCNCC1.S=C=S.[Na+]. The van der Waals surface area contributed by atoms with E-state index in [2.05, 4.69) is 93.2 Å². The number of thiocarbonyl (C=S) groups is 5. The van der Waals surface area contributed by atoms with Crippen LogP contribution in [0.1, 0.15) is 38.5 Å². The van der Waals surface area contributed by atoms with Crippen LogP contribution in [0.4, 0.5) is 9.59 Å². The normalized spacial score (nSPS) is 15.2. The van der Waals surface area contributed by atoms with Crippen molar-refractivity contribution in [2.24, 2.45) is 0 Å². The Morgan fingerprint density at radius 1 is 0.736 bits per heavy atom. The van der Waals surface area contributed by atoms with Crippen molar-refractivity contribution in [3.05, 3.63) is 0 Å². The molecule has 5 N–H and O–H groups in total. The molecule has 13 nitrogen and oxygen atoms in total. The summed E-state index contributed by atoms with van der Waals surface area (Å²) in [7, 11) is 4.18. The fourth-order valence-electron chi connectivity index (χ4n) is 3.38. The number of hydrogen-bond acceptors (Lipinski definition) is 20. The van der Waals surface area contributed by atoms with Gasteiger partial charge < -0.3 is 74.6 Å². The number of rotatable bonds is 0. The van der Waals surface area contributed by atoms with Gasteiger partial charge in [-0.25, -0.2) is 4.21 Å². The van der Waals surface area contributed by atoms with E-state index in [9.17, 15) is 13.8 Å². The Bertz CT molecular complexity index is 957. The fraction of sp³-hybridized carbons (Fsp3) is 0.793. The van der Waals surface area contributed by atoms with Crippen molar-refractivity contribution in [2.75, 3.05) is 92.7 Å². The predicted octanol–water partition coefficient (Wildman–Crippen LogP) is 1.26. The Morgan fingerprint density at radius 2 is 1.04 bits per heavy atom. The predicted molar refractivity (Wildman–Crippen MR) is 242 cm³/mol. The average molecular weight is 950 g/mol. The summed E-state index contributed by atoms with van der Waals surface area (Å²) >= 11 is 29.8. The Hall–Kier alpha value is 1.05. The minimum Gasteiger partial charge on any atom is -0.517 e. The molecule has 3 heterocycles. The van der Waals surface area contributed by atoms with Crippen molar-refractivity contribution in [1.29, 1.82) is 0 Å². The summed E-state index contributed by atoms with van der Waals surface area (Å²) in [6.07, 6.45) is 10.9. The van der Waals surface area contributed by atoms with Crippen LogP contribution < -0.4 is 34.9 Å². The summed E-state index contributed by atoms with van der Waals surface area (Å²) in [6, 6.07) is 0. The standard InChI is InChI=1S/C7H13NO3S.C7H13NO2S.C5H11NO.2C3H6OS2.C2H4OS2.CH4O.CS2.Na/c1-12(11)7(10)8-4-2-6(9)3-5-8;1-11-7(10)8-4-2-6(9)3-5-8;7-5-1-3-6-4-2-5;2*1-4-3(5)6-2;1-3-2(4)5;1-2;2-1-3;/h6,9H,2-5H2,1H3;6,9H,2-5H2,1H3;5-7H,1-4H2;2*1-2H3;1H3,(H,4,5);2H,1H3;;/q;;;;;;;;+1/p-1. The number of likely N-dealkylation sites (tertiary alicyclic amines) is 2. The van der Waals surface area contributed by atoms with Crippen molar-refractivity contribution in [2.45, 2.75) is 56.8 Å². The summed E-state index contributed by atoms with van der Waals surface area (Å²) in [5.41, 5.74) is 0. The molecule has 0 spiro atoms. The molecule has 308 valence electrons. The number of aliphatic hydroxyl groups excluding tert-OH is 4. The summed E-state index contributed by atoms with van der Waals surface area (Å²) in [5, 5.41) is 37.1. The van der Waals surface area contributed by atoms with Gasteiger partial charge in [0.25, 0.3) is 5.24 Å². The molecule has 3 rings (SSSR count). The average Bonchev–Trinajstić information content (AvgIpc) is 3.16. The third-order valence-corrected chi connectivity index (χ3v) is 10.0. The Labute approximate surface area is 386 Å². The van der Waals surface area contributed by atoms with Crippen LogP contribution in [-0.4, -0.2) is 173 Å². The zero-order chi connectivity index (χ0) is 41.5. The van der Waals surface area contributed by atoms with Gasteiger partial charge in [0.15, 0.2) is 0 Å². The number of ether oxygens (including phenoxy) is 3. The minimum absolute atomic E-state index is 0. The van der Waals surface area contributed by atoms with E-state index in [1.807, 2.05) is 16.8 Å². The van der Waals surface area contributed by atoms with Gasteiger partial charge in [0, 0.05) is 48.2 Å². The van der Waals surface area contributed by atoms with Crippen LogP contribution in [0.25, 0.3) is 0 Å². The van der Waals surface area contributed by atoms with Crippen LogP contribution in [-0.2, 0) is 37.6 Å². The van der Waals surface area contributed by atoms with Crippen molar-refractivity contribution >= 4 is 148 Å². The van der Waals surface area contributed by atoms with Crippen molar-refractivity contribution in [1.82, 2.24) is 15.1 Å². The number of nitrogens with one attached hydrogen (secondary N) is 1. The second-order valence-corrected chi connectivity index (χ2v) is 16.0. The maximum atomic E-state index is 11.1. The Morgan fingerprint density at radius 3 is 1.23 bits per heavy atom. The van der Waals surface area contributed by atoms with Crippen LogP contribution in [0.15, 0.2) is 0 Å². The fourth-order valence-corrected chi connectivity index (χ4v) is 4.70. The van der Waals surface area contributed by atoms with Gasteiger partial charge >= 0.3 is 34.8 Å². The van der Waals surface area contributed by atoms with Gasteiger partial charge in [0.2, 0.25) is 8.77 Å². The quantitative estimate of drug-likeness (QED) is 0.133. The van der Waals surface area contributed by atoms with E-state index in [1.165, 1.54) is 48.7 Å². The van der Waals surface area contributed by atoms with Gasteiger partial charge in [-0.05, 0) is 119 Å². The second kappa shape index (κ2) is 49.2. The molecular weight excluding hydrogens is 894 g/mol. The molecule has 1 unspecified atom stereocenters. The molecular formula is C29H56N3NaO10S10. The monoisotopic (exact) mass is 949 g/mol. The maximum absolute atomic E-state index is 11.1. The number of aliphatic hydroxyl groups is 4. The molecule has 3 saturated heterocycles. The summed E-state index contributed by atoms with van der Waals surface area (Å²) < 4.78 is 27.5. The molecule has 0 aromatic carbocycles.